The summed E-state index contributed by atoms with van der Waals surface area (Å²) in [5, 5.41) is 15.9. The van der Waals surface area contributed by atoms with Gasteiger partial charge in [-0.1, -0.05) is 70.7 Å². The molecule has 720 valence electrons. The Bertz CT molecular complexity index is 6140. The first kappa shape index (κ1) is 101. The van der Waals surface area contributed by atoms with Gasteiger partial charge in [0.05, 0.1) is 101 Å². The second kappa shape index (κ2) is 47.0. The second-order valence-corrected chi connectivity index (χ2v) is 35.0. The Morgan fingerprint density at radius 1 is 0.346 bits per heavy atom. The van der Waals surface area contributed by atoms with E-state index in [2.05, 4.69) is 60.8 Å². The first-order chi connectivity index (χ1) is 65.7. The molecule has 12 heterocycles. The summed E-state index contributed by atoms with van der Waals surface area (Å²) in [7, 11) is 7.16. The van der Waals surface area contributed by atoms with E-state index in [0.29, 0.717) is 211 Å². The van der Waals surface area contributed by atoms with Crippen LogP contribution >= 0.6 is 46.4 Å². The number of nitrogens with zero attached hydrogens (tertiary/aromatic N) is 17. The molecule has 0 saturated carbocycles. The topological polar surface area (TPSA) is 311 Å². The van der Waals surface area contributed by atoms with E-state index in [9.17, 15) is 19.2 Å². The SMILES string of the molecule is CCO[C@H]1CN(c2ccccn2)CC1Nc1c(C)nc(-c2ccc(Cl)cc2Cl)n(CC)c1=O.CCO[C@H]1CN(c2ccccn2)CC1Nc1c(C)nc(-c2ccc(N(C)C)cc2Cl)n(CC)c1=O.CCO[C@H]1CN(c2ccccn2)CC1Nc1c(C)nc(-c2ccc(OC)cc2C)n(CC)c1=O.CCO[C@H]1CN(c2ccccn2)CC1Nc1c(C)nc(-c2ccc(OC)cc2Cl)n(CC)c1=O. The molecule has 0 radical (unpaired) electrons. The van der Waals surface area contributed by atoms with E-state index in [0.717, 1.165) is 51.4 Å². The number of pyridine rings is 4. The minimum atomic E-state index is -0.141. The fourth-order valence-electron chi connectivity index (χ4n) is 17.6. The minimum Gasteiger partial charge on any atom is -0.497 e. The maximum atomic E-state index is 13.6. The summed E-state index contributed by atoms with van der Waals surface area (Å²) in [6.45, 7) is 34.8. The lowest BCUT2D eigenvalue weighted by Crippen LogP contribution is -2.38. The van der Waals surface area contributed by atoms with Crippen LogP contribution in [0.3, 0.4) is 0 Å². The van der Waals surface area contributed by atoms with Crippen molar-refractivity contribution in [1.29, 1.82) is 0 Å². The molecule has 0 amide bonds. The van der Waals surface area contributed by atoms with Gasteiger partial charge in [-0.25, -0.2) is 39.9 Å². The highest BCUT2D eigenvalue weighted by Gasteiger charge is 2.40. The molecule has 35 heteroatoms. The molecule has 0 aliphatic carbocycles. The minimum absolute atomic E-state index is 0.0611. The Hall–Kier alpha value is -12.2. The quantitative estimate of drug-likeness (QED) is 0.0314. The van der Waals surface area contributed by atoms with Gasteiger partial charge in [-0.3, -0.25) is 37.4 Å². The summed E-state index contributed by atoms with van der Waals surface area (Å²) >= 11 is 25.6. The van der Waals surface area contributed by atoms with Crippen LogP contribution in [0.5, 0.6) is 11.5 Å². The number of nitrogens with one attached hydrogen (secondary N) is 4. The number of ether oxygens (including phenoxy) is 6. The van der Waals surface area contributed by atoms with Crippen LogP contribution in [-0.4, -0.2) is 214 Å². The maximum absolute atomic E-state index is 13.6. The lowest BCUT2D eigenvalue weighted by molar-refractivity contribution is 0.0718. The fourth-order valence-corrected chi connectivity index (χ4v) is 18.6. The average molecular weight is 1930 g/mol. The average Bonchev–Trinajstić information content (AvgIpc) is 1.48. The molecule has 4 aromatic carbocycles. The molecule has 12 aromatic rings. The number of hydrogen-bond acceptors (Lipinski definition) is 27. The van der Waals surface area contributed by atoms with E-state index in [1.165, 1.54) is 0 Å². The Labute approximate surface area is 814 Å². The van der Waals surface area contributed by atoms with Gasteiger partial charge >= 0.3 is 0 Å². The van der Waals surface area contributed by atoms with E-state index in [1.807, 2.05) is 230 Å². The molecule has 16 rings (SSSR count). The van der Waals surface area contributed by atoms with Gasteiger partial charge in [0.1, 0.15) is 80.8 Å². The van der Waals surface area contributed by atoms with E-state index >= 15 is 0 Å². The van der Waals surface area contributed by atoms with Crippen molar-refractivity contribution in [1.82, 2.24) is 58.1 Å². The van der Waals surface area contributed by atoms with Crippen LogP contribution in [0.1, 0.15) is 83.7 Å². The van der Waals surface area contributed by atoms with Crippen molar-refractivity contribution in [2.45, 2.75) is 165 Å². The van der Waals surface area contributed by atoms with Gasteiger partial charge in [0.2, 0.25) is 0 Å². The van der Waals surface area contributed by atoms with Gasteiger partial charge in [-0.2, -0.15) is 0 Å². The maximum Gasteiger partial charge on any atom is 0.277 e. The van der Waals surface area contributed by atoms with Crippen molar-refractivity contribution in [3.05, 3.63) is 260 Å². The Morgan fingerprint density at radius 3 is 0.882 bits per heavy atom. The summed E-state index contributed by atoms with van der Waals surface area (Å²) in [4.78, 5) is 102. The number of benzene rings is 4. The normalized spacial score (nSPS) is 17.8. The molecular formula is C101H123Cl4N21O10. The fraction of sp³-hybridized carbons (Fsp3) is 0.406. The highest BCUT2D eigenvalue weighted by molar-refractivity contribution is 6.36. The Balaban J connectivity index is 0.000000153. The Kier molecular flexibility index (Phi) is 35.0. The van der Waals surface area contributed by atoms with E-state index < -0.39 is 0 Å². The second-order valence-electron chi connectivity index (χ2n) is 33.3. The van der Waals surface area contributed by atoms with Crippen LogP contribution in [0.15, 0.2) is 190 Å². The molecule has 4 N–H and O–H groups in total. The van der Waals surface area contributed by atoms with Crippen molar-refractivity contribution in [2.24, 2.45) is 0 Å². The number of methoxy groups -OCH3 is 2. The molecule has 4 unspecified atom stereocenters. The van der Waals surface area contributed by atoms with Gasteiger partial charge in [0.15, 0.2) is 0 Å². The predicted octanol–water partition coefficient (Wildman–Crippen LogP) is 16.4. The largest absolute Gasteiger partial charge is 0.497 e. The Morgan fingerprint density at radius 2 is 0.625 bits per heavy atom. The van der Waals surface area contributed by atoms with Gasteiger partial charge in [-0.15, -0.1) is 0 Å². The van der Waals surface area contributed by atoms with Crippen molar-refractivity contribution < 1.29 is 28.4 Å². The van der Waals surface area contributed by atoms with Crippen LogP contribution < -0.4 is 77.5 Å². The summed E-state index contributed by atoms with van der Waals surface area (Å²) in [6, 6.07) is 45.3. The van der Waals surface area contributed by atoms with E-state index in [1.54, 1.807) is 81.5 Å². The van der Waals surface area contributed by atoms with Gasteiger partial charge in [0.25, 0.3) is 22.2 Å². The van der Waals surface area contributed by atoms with Crippen LogP contribution in [0, 0.1) is 34.6 Å². The highest BCUT2D eigenvalue weighted by atomic mass is 35.5. The van der Waals surface area contributed by atoms with Gasteiger partial charge in [-0.05, 0) is 217 Å². The molecule has 0 spiro atoms. The zero-order chi connectivity index (χ0) is 97.1. The van der Waals surface area contributed by atoms with Crippen molar-refractivity contribution in [3.63, 3.8) is 0 Å². The lowest BCUT2D eigenvalue weighted by atomic mass is 10.1. The highest BCUT2D eigenvalue weighted by Crippen LogP contribution is 2.37. The van der Waals surface area contributed by atoms with Crippen molar-refractivity contribution in [3.8, 4) is 57.1 Å². The van der Waals surface area contributed by atoms with Crippen molar-refractivity contribution in [2.75, 3.05) is 153 Å². The molecule has 136 heavy (non-hydrogen) atoms. The number of anilines is 9. The zero-order valence-electron chi connectivity index (χ0n) is 80.3. The number of aryl methyl sites for hydroxylation is 5. The smallest absolute Gasteiger partial charge is 0.277 e. The van der Waals surface area contributed by atoms with Crippen molar-refractivity contribution >= 4 is 98.1 Å². The molecular weight excluding hydrogens is 1810 g/mol. The standard InChI is InChI=1S/C26H33ClN6O2.C26H33N5O3.C25H30ClN5O3.C24H27Cl2N5O2/c1-6-33-25(19-12-11-18(31(4)5)14-20(19)27)29-17(3)24(26(33)34)30-21-15-32(16-22(21)35-7-2)23-10-8-9-13-28-23;1-6-31-25(20-12-11-19(33-5)14-17(20)3)28-18(4)24(26(31)32)29-21-15-30(16-22(21)34-7-2)23-10-8-9-13-27-23;1-5-31-24(18-11-10-17(33-4)13-19(18)26)28-16(3)23(25(31)32)29-20-14-30(15-21(20)34-6-2)22-9-7-8-12-27-22;1-4-31-23(17-10-9-16(25)12-18(17)26)28-15(3)22(24(31)32)29-19-13-30(14-20(19)33-5-2)21-8-6-7-11-27-21/h8-14,21-22,30H,6-7,15-16H2,1-5H3;8-14,21-22,29H,6-7,15-16H2,1-5H3;7-13,20-21,29H,5-6,14-15H2,1-4H3;6-12,19-20,29H,4-5,13-14H2,1-3H3/t2*21?,22-;20?,21-;19?,20-/m0000/s1. The van der Waals surface area contributed by atoms with Crippen LogP contribution in [0.2, 0.25) is 20.1 Å². The van der Waals surface area contributed by atoms with E-state index in [-0.39, 0.29) is 70.8 Å². The third-order valence-corrected chi connectivity index (χ3v) is 25.6. The number of halogens is 4. The molecule has 4 aliphatic heterocycles. The molecule has 8 atom stereocenters. The molecule has 31 nitrogen and oxygen atoms in total. The number of aromatic nitrogens is 12. The van der Waals surface area contributed by atoms with Gasteiger partial charge < -0.3 is 74.2 Å². The molecule has 4 saturated heterocycles. The van der Waals surface area contributed by atoms with E-state index in [4.69, 9.17) is 94.8 Å². The number of rotatable bonds is 31. The molecule has 0 bridgehead atoms. The first-order valence-electron chi connectivity index (χ1n) is 46.2. The third-order valence-electron chi connectivity index (χ3n) is 24.4. The summed E-state index contributed by atoms with van der Waals surface area (Å²) < 4.78 is 41.3. The lowest BCUT2D eigenvalue weighted by Gasteiger charge is -2.23. The summed E-state index contributed by atoms with van der Waals surface area (Å²) in [5.74, 6) is 7.30. The van der Waals surface area contributed by atoms with Gasteiger partial charge in [0, 0.05) is 177 Å². The predicted molar refractivity (Wildman–Crippen MR) is 547 cm³/mol. The molecule has 8 aromatic heterocycles. The van der Waals surface area contributed by atoms with Crippen LogP contribution in [-0.2, 0) is 45.1 Å². The zero-order valence-corrected chi connectivity index (χ0v) is 83.3. The molecule has 4 aliphatic rings. The summed E-state index contributed by atoms with van der Waals surface area (Å²) in [6.07, 6.45) is 6.82. The monoisotopic (exact) mass is 1930 g/mol. The first-order valence-corrected chi connectivity index (χ1v) is 47.7. The third kappa shape index (κ3) is 23.4. The number of hydrogen-bond donors (Lipinski definition) is 4. The van der Waals surface area contributed by atoms with Crippen LogP contribution in [0.4, 0.5) is 51.7 Å². The summed E-state index contributed by atoms with van der Waals surface area (Å²) in [5.41, 5.74) is 9.03. The molecule has 4 fully saturated rings. The van der Waals surface area contributed by atoms with Crippen LogP contribution in [0.25, 0.3) is 45.6 Å².